The number of phenols is 1. The van der Waals surface area contributed by atoms with Crippen molar-refractivity contribution in [3.05, 3.63) is 60.4 Å². The lowest BCUT2D eigenvalue weighted by molar-refractivity contribution is 0.475. The third-order valence-corrected chi connectivity index (χ3v) is 5.04. The van der Waals surface area contributed by atoms with Crippen molar-refractivity contribution < 1.29 is 5.11 Å². The summed E-state index contributed by atoms with van der Waals surface area (Å²) < 4.78 is 4.11. The number of fused-ring (bicyclic) bond motifs is 1. The second-order valence-electron chi connectivity index (χ2n) is 6.85. The molecule has 2 aromatic carbocycles. The minimum absolute atomic E-state index is 0.254. The summed E-state index contributed by atoms with van der Waals surface area (Å²) in [6.07, 6.45) is 5.19. The van der Waals surface area contributed by atoms with Gasteiger partial charge in [0.1, 0.15) is 5.75 Å². The fourth-order valence-corrected chi connectivity index (χ4v) is 3.54. The molecule has 0 radical (unpaired) electrons. The monoisotopic (exact) mass is 344 g/mol. The van der Waals surface area contributed by atoms with Gasteiger partial charge in [-0.2, -0.15) is 10.2 Å². The van der Waals surface area contributed by atoms with Gasteiger partial charge in [-0.1, -0.05) is 19.1 Å². The van der Waals surface area contributed by atoms with Gasteiger partial charge in [-0.25, -0.2) is 4.68 Å². The van der Waals surface area contributed by atoms with Gasteiger partial charge in [-0.3, -0.25) is 4.68 Å². The van der Waals surface area contributed by atoms with Crippen LogP contribution in [-0.4, -0.2) is 24.7 Å². The quantitative estimate of drug-likeness (QED) is 0.593. The highest BCUT2D eigenvalue weighted by Crippen LogP contribution is 2.38. The number of rotatable bonds is 4. The Balaban J connectivity index is 1.65. The summed E-state index contributed by atoms with van der Waals surface area (Å²) in [6.45, 7) is 2.16. The van der Waals surface area contributed by atoms with Crippen LogP contribution in [0.3, 0.4) is 0 Å². The van der Waals surface area contributed by atoms with Crippen LogP contribution < -0.4 is 0 Å². The van der Waals surface area contributed by atoms with Crippen molar-refractivity contribution in [2.45, 2.75) is 32.2 Å². The number of phenolic OH excluding ortho intramolecular Hbond substituents is 1. The van der Waals surface area contributed by atoms with Crippen LogP contribution in [-0.2, 0) is 6.42 Å². The third-order valence-electron chi connectivity index (χ3n) is 5.04. The molecule has 0 aliphatic heterocycles. The molecule has 4 aromatic rings. The Labute approximate surface area is 151 Å². The van der Waals surface area contributed by atoms with E-state index in [4.69, 9.17) is 5.10 Å². The molecule has 0 unspecified atom stereocenters. The van der Waals surface area contributed by atoms with Crippen molar-refractivity contribution in [1.29, 1.82) is 0 Å². The van der Waals surface area contributed by atoms with E-state index in [1.165, 1.54) is 29.4 Å². The van der Waals surface area contributed by atoms with E-state index in [9.17, 15) is 5.11 Å². The summed E-state index contributed by atoms with van der Waals surface area (Å²) in [5.41, 5.74) is 5.45. The molecular formula is C21H20N4O. The maximum atomic E-state index is 9.53. The van der Waals surface area contributed by atoms with Gasteiger partial charge in [0.05, 0.1) is 34.8 Å². The lowest BCUT2D eigenvalue weighted by Crippen LogP contribution is -1.99. The fraction of sp³-hybridized carbons (Fsp3) is 0.238. The largest absolute Gasteiger partial charge is 0.508 e. The maximum Gasteiger partial charge on any atom is 0.115 e. The van der Waals surface area contributed by atoms with Gasteiger partial charge in [0.2, 0.25) is 0 Å². The van der Waals surface area contributed by atoms with Crippen LogP contribution in [0.5, 0.6) is 5.75 Å². The lowest BCUT2D eigenvalue weighted by Gasteiger charge is -2.09. The standard InChI is InChI=1S/C21H20N4O/c1-2-19-18-10-3-14(13-21(18)25(23-19)16-4-5-16)20-11-12-22-24(20)15-6-8-17(26)9-7-15/h3,6-13,16,26H,2,4-5H2,1H3. The van der Waals surface area contributed by atoms with E-state index in [2.05, 4.69) is 34.9 Å². The summed E-state index contributed by atoms with van der Waals surface area (Å²) in [4.78, 5) is 0. The first-order chi connectivity index (χ1) is 12.7. The average molecular weight is 344 g/mol. The molecule has 0 spiro atoms. The highest BCUT2D eigenvalue weighted by atomic mass is 16.3. The van der Waals surface area contributed by atoms with Gasteiger partial charge in [-0.15, -0.1) is 0 Å². The zero-order chi connectivity index (χ0) is 17.7. The second-order valence-corrected chi connectivity index (χ2v) is 6.85. The first kappa shape index (κ1) is 15.2. The van der Waals surface area contributed by atoms with Gasteiger partial charge in [-0.05, 0) is 55.7 Å². The number of nitrogens with zero attached hydrogens (tertiary/aromatic N) is 4. The summed E-state index contributed by atoms with van der Waals surface area (Å²) in [5, 5.41) is 20.1. The first-order valence-corrected chi connectivity index (χ1v) is 9.09. The maximum absolute atomic E-state index is 9.53. The Hall–Kier alpha value is -3.08. The van der Waals surface area contributed by atoms with E-state index in [1.807, 2.05) is 29.1 Å². The highest BCUT2D eigenvalue weighted by molar-refractivity contribution is 5.86. The van der Waals surface area contributed by atoms with Gasteiger partial charge in [0.15, 0.2) is 0 Å². The van der Waals surface area contributed by atoms with Crippen molar-refractivity contribution in [3.63, 3.8) is 0 Å². The molecular weight excluding hydrogens is 324 g/mol. The Kier molecular flexibility index (Phi) is 3.35. The molecule has 0 saturated heterocycles. The van der Waals surface area contributed by atoms with Crippen molar-refractivity contribution in [2.75, 3.05) is 0 Å². The molecule has 0 bridgehead atoms. The van der Waals surface area contributed by atoms with Crippen LogP contribution >= 0.6 is 0 Å². The van der Waals surface area contributed by atoms with Gasteiger partial charge in [0.25, 0.3) is 0 Å². The molecule has 1 aliphatic rings. The number of aromatic hydroxyl groups is 1. The first-order valence-electron chi connectivity index (χ1n) is 9.09. The molecule has 1 saturated carbocycles. The van der Waals surface area contributed by atoms with E-state index >= 15 is 0 Å². The van der Waals surface area contributed by atoms with Crippen molar-refractivity contribution in [3.8, 4) is 22.7 Å². The third kappa shape index (κ3) is 2.39. The fourth-order valence-electron chi connectivity index (χ4n) is 3.54. The smallest absolute Gasteiger partial charge is 0.115 e. The number of benzene rings is 2. The zero-order valence-corrected chi connectivity index (χ0v) is 14.6. The summed E-state index contributed by atoms with van der Waals surface area (Å²) >= 11 is 0. The number of aromatic nitrogens is 4. The van der Waals surface area contributed by atoms with Crippen molar-refractivity contribution in [1.82, 2.24) is 19.6 Å². The number of aryl methyl sites for hydroxylation is 1. The summed E-state index contributed by atoms with van der Waals surface area (Å²) in [5.74, 6) is 0.254. The molecule has 5 rings (SSSR count). The number of hydrogen-bond acceptors (Lipinski definition) is 3. The highest BCUT2D eigenvalue weighted by Gasteiger charge is 2.27. The molecule has 5 heteroatoms. The molecule has 1 aliphatic carbocycles. The Morgan fingerprint density at radius 3 is 2.62 bits per heavy atom. The molecule has 2 aromatic heterocycles. The van der Waals surface area contributed by atoms with E-state index in [1.54, 1.807) is 12.1 Å². The molecule has 1 fully saturated rings. The van der Waals surface area contributed by atoms with Gasteiger partial charge < -0.3 is 5.11 Å². The van der Waals surface area contributed by atoms with E-state index in [0.717, 1.165) is 23.4 Å². The minimum Gasteiger partial charge on any atom is -0.508 e. The summed E-state index contributed by atoms with van der Waals surface area (Å²) in [7, 11) is 0. The molecule has 2 heterocycles. The molecule has 130 valence electrons. The van der Waals surface area contributed by atoms with Crippen LogP contribution in [0.4, 0.5) is 0 Å². The SMILES string of the molecule is CCc1nn(C2CC2)c2cc(-c3ccnn3-c3ccc(O)cc3)ccc12. The van der Waals surface area contributed by atoms with Crippen molar-refractivity contribution in [2.24, 2.45) is 0 Å². The Bertz CT molecular complexity index is 1090. The summed E-state index contributed by atoms with van der Waals surface area (Å²) in [6, 6.07) is 16.2. The Morgan fingerprint density at radius 2 is 1.88 bits per heavy atom. The average Bonchev–Trinajstić information content (AvgIpc) is 3.27. The molecule has 1 N–H and O–H groups in total. The minimum atomic E-state index is 0.254. The van der Waals surface area contributed by atoms with Gasteiger partial charge >= 0.3 is 0 Å². The number of hydrogen-bond donors (Lipinski definition) is 1. The molecule has 0 amide bonds. The normalized spacial score (nSPS) is 14.2. The molecule has 5 nitrogen and oxygen atoms in total. The van der Waals surface area contributed by atoms with Crippen LogP contribution in [0.2, 0.25) is 0 Å². The van der Waals surface area contributed by atoms with E-state index in [-0.39, 0.29) is 5.75 Å². The van der Waals surface area contributed by atoms with Crippen LogP contribution in [0.15, 0.2) is 54.7 Å². The molecule has 26 heavy (non-hydrogen) atoms. The van der Waals surface area contributed by atoms with E-state index < -0.39 is 0 Å². The van der Waals surface area contributed by atoms with E-state index in [0.29, 0.717) is 6.04 Å². The zero-order valence-electron chi connectivity index (χ0n) is 14.6. The Morgan fingerprint density at radius 1 is 1.08 bits per heavy atom. The van der Waals surface area contributed by atoms with Gasteiger partial charge in [0, 0.05) is 10.9 Å². The predicted octanol–water partition coefficient (Wildman–Crippen LogP) is 4.49. The predicted molar refractivity (Wildman–Crippen MR) is 102 cm³/mol. The van der Waals surface area contributed by atoms with Crippen LogP contribution in [0.25, 0.3) is 27.8 Å². The second kappa shape index (κ2) is 5.73. The topological polar surface area (TPSA) is 55.9 Å². The lowest BCUT2D eigenvalue weighted by atomic mass is 10.1. The van der Waals surface area contributed by atoms with Crippen LogP contribution in [0, 0.1) is 0 Å². The molecule has 0 atom stereocenters. The van der Waals surface area contributed by atoms with Crippen molar-refractivity contribution >= 4 is 10.9 Å². The van der Waals surface area contributed by atoms with Crippen LogP contribution in [0.1, 0.15) is 31.5 Å².